The molecule has 0 aliphatic carbocycles. The van der Waals surface area contributed by atoms with Crippen molar-refractivity contribution in [3.63, 3.8) is 0 Å². The average Bonchev–Trinajstić information content (AvgIpc) is 2.48. The van der Waals surface area contributed by atoms with E-state index in [2.05, 4.69) is 11.9 Å². The quantitative estimate of drug-likeness (QED) is 0.559. The molecule has 1 aromatic carbocycles. The molecule has 1 aromatic heterocycles. The Morgan fingerprint density at radius 1 is 1.20 bits per heavy atom. The zero-order chi connectivity index (χ0) is 14.4. The van der Waals surface area contributed by atoms with E-state index < -0.39 is 0 Å². The number of nitrogens with zero attached hydrogens (tertiary/aromatic N) is 1. The molecule has 2 rings (SSSR count). The Bertz CT molecular complexity index is 554. The Kier molecular flexibility index (Phi) is 5.68. The van der Waals surface area contributed by atoms with Gasteiger partial charge in [-0.05, 0) is 31.5 Å². The highest BCUT2D eigenvalue weighted by Gasteiger charge is 2.08. The van der Waals surface area contributed by atoms with Gasteiger partial charge in [0.25, 0.3) is 0 Å². The third kappa shape index (κ3) is 4.39. The van der Waals surface area contributed by atoms with Gasteiger partial charge in [-0.2, -0.15) is 0 Å². The zero-order valence-electron chi connectivity index (χ0n) is 11.6. The second kappa shape index (κ2) is 7.50. The molecular weight excluding hydrogens is 286 g/mol. The molecule has 1 heterocycles. The Labute approximate surface area is 127 Å². The van der Waals surface area contributed by atoms with Crippen LogP contribution in [0.4, 0.5) is 0 Å². The lowest BCUT2D eigenvalue weighted by atomic mass is 10.1. The highest BCUT2D eigenvalue weighted by atomic mass is 33.1. The van der Waals surface area contributed by atoms with Crippen LogP contribution in [0.15, 0.2) is 48.7 Å². The van der Waals surface area contributed by atoms with E-state index in [1.165, 1.54) is 5.56 Å². The lowest BCUT2D eigenvalue weighted by molar-refractivity contribution is 0.101. The van der Waals surface area contributed by atoms with E-state index >= 15 is 0 Å². The van der Waals surface area contributed by atoms with Crippen molar-refractivity contribution >= 4 is 27.4 Å². The molecule has 2 aromatic rings. The van der Waals surface area contributed by atoms with E-state index in [0.29, 0.717) is 5.25 Å². The Hall–Kier alpha value is -1.26. The second-order valence-corrected chi connectivity index (χ2v) is 7.21. The number of benzene rings is 1. The molecule has 1 unspecified atom stereocenters. The van der Waals surface area contributed by atoms with Crippen LogP contribution in [-0.2, 0) is 5.75 Å². The first-order chi connectivity index (χ1) is 9.66. The van der Waals surface area contributed by atoms with Crippen molar-refractivity contribution in [2.45, 2.75) is 24.9 Å². The first kappa shape index (κ1) is 15.1. The topological polar surface area (TPSA) is 30.0 Å². The summed E-state index contributed by atoms with van der Waals surface area (Å²) in [6.45, 7) is 3.77. The summed E-state index contributed by atoms with van der Waals surface area (Å²) in [6.07, 6.45) is 1.82. The standard InChI is InChI=1S/C16H17NOS2/c1-12(18)14-6-8-15(9-7-14)13(2)20-19-11-16-5-3-4-10-17-16/h3-10,13H,11H2,1-2H3. The molecule has 0 fully saturated rings. The number of hydrogen-bond donors (Lipinski definition) is 0. The fourth-order valence-electron chi connectivity index (χ4n) is 1.72. The van der Waals surface area contributed by atoms with Crippen LogP contribution in [0.2, 0.25) is 0 Å². The predicted octanol–water partition coefficient (Wildman–Crippen LogP) is 4.93. The number of Topliss-reactive ketones (excluding diaryl/α,β-unsaturated/α-hetero) is 1. The van der Waals surface area contributed by atoms with Crippen LogP contribution in [-0.4, -0.2) is 10.8 Å². The molecule has 0 aliphatic heterocycles. The van der Waals surface area contributed by atoms with E-state index in [1.807, 2.05) is 70.2 Å². The average molecular weight is 303 g/mol. The second-order valence-electron chi connectivity index (χ2n) is 4.50. The van der Waals surface area contributed by atoms with Gasteiger partial charge < -0.3 is 0 Å². The van der Waals surface area contributed by atoms with E-state index in [-0.39, 0.29) is 5.78 Å². The van der Waals surface area contributed by atoms with Crippen LogP contribution >= 0.6 is 21.6 Å². The molecule has 0 saturated heterocycles. The summed E-state index contributed by atoms with van der Waals surface area (Å²) in [5.74, 6) is 1.02. The minimum absolute atomic E-state index is 0.112. The third-order valence-electron chi connectivity index (χ3n) is 2.93. The molecule has 104 valence electrons. The molecule has 20 heavy (non-hydrogen) atoms. The van der Waals surface area contributed by atoms with E-state index in [0.717, 1.165) is 17.0 Å². The van der Waals surface area contributed by atoms with Crippen molar-refractivity contribution in [1.29, 1.82) is 0 Å². The van der Waals surface area contributed by atoms with Gasteiger partial charge in [0.15, 0.2) is 5.78 Å². The maximum Gasteiger partial charge on any atom is 0.159 e. The first-order valence-corrected chi connectivity index (χ1v) is 8.84. The fourth-order valence-corrected chi connectivity index (χ4v) is 4.07. The normalized spacial score (nSPS) is 12.1. The SMILES string of the molecule is CC(=O)c1ccc(C(C)SSCc2ccccn2)cc1. The summed E-state index contributed by atoms with van der Waals surface area (Å²) in [6, 6.07) is 13.9. The molecule has 0 aliphatic rings. The van der Waals surface area contributed by atoms with Crippen LogP contribution in [0.25, 0.3) is 0 Å². The molecule has 0 radical (unpaired) electrons. The minimum atomic E-state index is 0.112. The number of rotatable bonds is 6. The summed E-state index contributed by atoms with van der Waals surface area (Å²) in [4.78, 5) is 15.5. The van der Waals surface area contributed by atoms with Crippen molar-refractivity contribution < 1.29 is 4.79 Å². The Morgan fingerprint density at radius 2 is 1.95 bits per heavy atom. The number of carbonyl (C=O) groups is 1. The Morgan fingerprint density at radius 3 is 2.55 bits per heavy atom. The highest BCUT2D eigenvalue weighted by molar-refractivity contribution is 8.76. The van der Waals surface area contributed by atoms with Crippen LogP contribution in [0.5, 0.6) is 0 Å². The molecule has 2 nitrogen and oxygen atoms in total. The monoisotopic (exact) mass is 303 g/mol. The van der Waals surface area contributed by atoms with Crippen molar-refractivity contribution in [3.05, 3.63) is 65.5 Å². The number of pyridine rings is 1. The van der Waals surface area contributed by atoms with Gasteiger partial charge in [0.05, 0.1) is 5.69 Å². The Balaban J connectivity index is 1.85. The maximum absolute atomic E-state index is 11.2. The van der Waals surface area contributed by atoms with Crippen molar-refractivity contribution in [1.82, 2.24) is 4.98 Å². The number of aromatic nitrogens is 1. The number of ketones is 1. The van der Waals surface area contributed by atoms with Crippen molar-refractivity contribution in [3.8, 4) is 0 Å². The van der Waals surface area contributed by atoms with Crippen molar-refractivity contribution in [2.24, 2.45) is 0 Å². The molecule has 4 heteroatoms. The van der Waals surface area contributed by atoms with Crippen LogP contribution in [0.1, 0.15) is 40.7 Å². The van der Waals surface area contributed by atoms with E-state index in [4.69, 9.17) is 0 Å². The van der Waals surface area contributed by atoms with Gasteiger partial charge in [0, 0.05) is 22.8 Å². The smallest absolute Gasteiger partial charge is 0.159 e. The minimum Gasteiger partial charge on any atom is -0.295 e. The van der Waals surface area contributed by atoms with Gasteiger partial charge in [0.1, 0.15) is 0 Å². The van der Waals surface area contributed by atoms with Gasteiger partial charge in [-0.15, -0.1) is 0 Å². The summed E-state index contributed by atoms with van der Waals surface area (Å²) >= 11 is 0. The van der Waals surface area contributed by atoms with Gasteiger partial charge in [0.2, 0.25) is 0 Å². The molecular formula is C16H17NOS2. The number of hydrogen-bond acceptors (Lipinski definition) is 4. The lowest BCUT2D eigenvalue weighted by Gasteiger charge is -2.11. The summed E-state index contributed by atoms with van der Waals surface area (Å²) in [5.41, 5.74) is 3.12. The molecule has 1 atom stereocenters. The molecule has 0 saturated carbocycles. The van der Waals surface area contributed by atoms with Gasteiger partial charge in [-0.25, -0.2) is 0 Å². The predicted molar refractivity (Wildman–Crippen MR) is 88.0 cm³/mol. The number of carbonyl (C=O) groups excluding carboxylic acids is 1. The highest BCUT2D eigenvalue weighted by Crippen LogP contribution is 2.39. The summed E-state index contributed by atoms with van der Waals surface area (Å²) in [7, 11) is 3.64. The maximum atomic E-state index is 11.2. The van der Waals surface area contributed by atoms with Gasteiger partial charge >= 0.3 is 0 Å². The summed E-state index contributed by atoms with van der Waals surface area (Å²) in [5, 5.41) is 0.393. The largest absolute Gasteiger partial charge is 0.295 e. The molecule has 0 spiro atoms. The fraction of sp³-hybridized carbons (Fsp3) is 0.250. The van der Waals surface area contributed by atoms with Gasteiger partial charge in [-0.3, -0.25) is 9.78 Å². The zero-order valence-corrected chi connectivity index (χ0v) is 13.2. The van der Waals surface area contributed by atoms with E-state index in [9.17, 15) is 4.79 Å². The van der Waals surface area contributed by atoms with Crippen LogP contribution in [0.3, 0.4) is 0 Å². The van der Waals surface area contributed by atoms with Gasteiger partial charge in [-0.1, -0.05) is 51.9 Å². The molecule has 0 bridgehead atoms. The van der Waals surface area contributed by atoms with Crippen LogP contribution in [0, 0.1) is 0 Å². The first-order valence-electron chi connectivity index (χ1n) is 6.46. The summed E-state index contributed by atoms with van der Waals surface area (Å²) < 4.78 is 0. The van der Waals surface area contributed by atoms with Crippen LogP contribution < -0.4 is 0 Å². The lowest BCUT2D eigenvalue weighted by Crippen LogP contribution is -1.93. The van der Waals surface area contributed by atoms with E-state index in [1.54, 1.807) is 6.92 Å². The van der Waals surface area contributed by atoms with Crippen molar-refractivity contribution in [2.75, 3.05) is 0 Å². The third-order valence-corrected chi connectivity index (χ3v) is 5.67. The molecule has 0 amide bonds. The molecule has 0 N–H and O–H groups in total.